The van der Waals surface area contributed by atoms with Crippen molar-refractivity contribution in [2.45, 2.75) is 19.0 Å². The van der Waals surface area contributed by atoms with Gasteiger partial charge in [-0.1, -0.05) is 0 Å². The molecule has 1 aliphatic heterocycles. The fraction of sp³-hybridized carbons (Fsp3) is 1.00. The van der Waals surface area contributed by atoms with E-state index in [1.54, 1.807) is 0 Å². The number of hydrogen-bond acceptors (Lipinski definition) is 1. The van der Waals surface area contributed by atoms with Crippen LogP contribution in [0.25, 0.3) is 0 Å². The number of epoxide rings is 1. The summed E-state index contributed by atoms with van der Waals surface area (Å²) in [5.41, 5.74) is 0. The van der Waals surface area contributed by atoms with Crippen molar-refractivity contribution in [3.63, 3.8) is 0 Å². The Labute approximate surface area is 32.7 Å². The molecule has 0 spiro atoms. The van der Waals surface area contributed by atoms with Gasteiger partial charge in [-0.2, -0.15) is 0 Å². The molecule has 1 aliphatic rings. The Bertz CT molecular complexity index is 40.2. The van der Waals surface area contributed by atoms with Crippen LogP contribution in [0, 0.1) is 0 Å². The van der Waals surface area contributed by atoms with Gasteiger partial charge in [-0.3, -0.25) is 0 Å². The van der Waals surface area contributed by atoms with Crippen LogP contribution in [-0.4, -0.2) is 20.0 Å². The Morgan fingerprint density at radius 1 is 1.80 bits per heavy atom. The second-order valence-corrected chi connectivity index (χ2v) is 1.55. The molecule has 1 nitrogen and oxygen atoms in total. The summed E-state index contributed by atoms with van der Waals surface area (Å²) in [6.07, 6.45) is 0.551. The molecule has 0 aliphatic carbocycles. The zero-order chi connectivity index (χ0) is 3.86. The Kier molecular flexibility index (Phi) is 0.481. The fourth-order valence-electron chi connectivity index (χ4n) is 0.293. The summed E-state index contributed by atoms with van der Waals surface area (Å²) >= 11 is 0. The molecule has 0 amide bonds. The Balaban J connectivity index is 2.20. The van der Waals surface area contributed by atoms with Gasteiger partial charge in [0, 0.05) is 6.00 Å². The molecule has 0 N–H and O–H groups in total. The first-order valence-electron chi connectivity index (χ1n) is 1.96. The largest absolute Gasteiger partial charge is 0.380 e. The van der Waals surface area contributed by atoms with Crippen molar-refractivity contribution in [1.29, 1.82) is 0 Å². The minimum atomic E-state index is 0.551. The third-order valence-corrected chi connectivity index (χ3v) is 1.01. The first-order chi connectivity index (χ1) is 2.30. The summed E-state index contributed by atoms with van der Waals surface area (Å²) in [4.78, 5) is 0. The van der Waals surface area contributed by atoms with Crippen molar-refractivity contribution in [2.75, 3.05) is 0 Å². The van der Waals surface area contributed by atoms with Gasteiger partial charge in [-0.25, -0.2) is 0 Å². The number of rotatable bonds is 0. The van der Waals surface area contributed by atoms with Crippen LogP contribution in [0.3, 0.4) is 0 Å². The minimum Gasteiger partial charge on any atom is -0.380 e. The van der Waals surface area contributed by atoms with E-state index in [4.69, 9.17) is 4.74 Å². The number of ether oxygens (including phenoxy) is 1. The third-order valence-electron chi connectivity index (χ3n) is 1.01. The van der Waals surface area contributed by atoms with E-state index >= 15 is 0 Å². The average molecular weight is 69.9 g/mol. The van der Waals surface area contributed by atoms with Gasteiger partial charge in [-0.05, 0) is 6.92 Å². The molecule has 1 heterocycles. The van der Waals surface area contributed by atoms with Crippen LogP contribution in [-0.2, 0) is 4.74 Å². The molecule has 0 aromatic rings. The highest BCUT2D eigenvalue weighted by molar-refractivity contribution is 6.12. The van der Waals surface area contributed by atoms with Crippen LogP contribution < -0.4 is 0 Å². The first kappa shape index (κ1) is 3.22. The van der Waals surface area contributed by atoms with E-state index in [1.165, 1.54) is 0 Å². The molecular weight excluding hydrogens is 62.8 g/mol. The molecule has 5 heavy (non-hydrogen) atoms. The quantitative estimate of drug-likeness (QED) is 0.273. The summed E-state index contributed by atoms with van der Waals surface area (Å²) in [6, 6.07) is 0.551. The van der Waals surface area contributed by atoms with Crippen molar-refractivity contribution in [3.8, 4) is 0 Å². The van der Waals surface area contributed by atoms with Gasteiger partial charge in [0.2, 0.25) is 0 Å². The predicted molar refractivity (Wildman–Crippen MR) is 22.9 cm³/mol. The lowest BCUT2D eigenvalue weighted by Crippen LogP contribution is -1.82. The zero-order valence-corrected chi connectivity index (χ0v) is 3.56. The topological polar surface area (TPSA) is 12.5 Å². The van der Waals surface area contributed by atoms with Crippen molar-refractivity contribution < 1.29 is 4.74 Å². The van der Waals surface area contributed by atoms with E-state index in [0.29, 0.717) is 12.1 Å². The van der Waals surface area contributed by atoms with Gasteiger partial charge in [0.25, 0.3) is 0 Å². The number of hydrogen-bond donors (Lipinski definition) is 0. The molecule has 0 unspecified atom stereocenters. The van der Waals surface area contributed by atoms with Gasteiger partial charge in [-0.15, -0.1) is 0 Å². The molecule has 28 valence electrons. The highest BCUT2D eigenvalue weighted by Crippen LogP contribution is 2.15. The standard InChI is InChI=1S/C3H7BO/c1-2-3(4)5-2/h2-3H,4H2,1H3/t2-,3+/m0/s1. The summed E-state index contributed by atoms with van der Waals surface area (Å²) in [7, 11) is 2.07. The maximum atomic E-state index is 4.92. The highest BCUT2D eigenvalue weighted by Gasteiger charge is 2.27. The molecule has 2 heteroatoms. The lowest BCUT2D eigenvalue weighted by atomic mass is 10.0. The van der Waals surface area contributed by atoms with E-state index < -0.39 is 0 Å². The molecule has 1 fully saturated rings. The second kappa shape index (κ2) is 0.746. The summed E-state index contributed by atoms with van der Waals surface area (Å²) in [5, 5.41) is 0. The molecule has 0 aromatic heterocycles. The lowest BCUT2D eigenvalue weighted by molar-refractivity contribution is 0.411. The average Bonchev–Trinajstić information content (AvgIpc) is 1.79. The van der Waals surface area contributed by atoms with Crippen molar-refractivity contribution >= 4 is 7.85 Å². The Morgan fingerprint density at radius 2 is 2.00 bits per heavy atom. The van der Waals surface area contributed by atoms with Gasteiger partial charge < -0.3 is 4.74 Å². The molecule has 0 aromatic carbocycles. The van der Waals surface area contributed by atoms with Gasteiger partial charge in [0.15, 0.2) is 0 Å². The van der Waals surface area contributed by atoms with E-state index in [2.05, 4.69) is 14.8 Å². The molecule has 2 atom stereocenters. The maximum absolute atomic E-state index is 4.92. The van der Waals surface area contributed by atoms with Crippen molar-refractivity contribution in [3.05, 3.63) is 0 Å². The molecular formula is C3H7BO. The Hall–Kier alpha value is 0.0249. The van der Waals surface area contributed by atoms with Crippen LogP contribution in [0.15, 0.2) is 0 Å². The van der Waals surface area contributed by atoms with Crippen LogP contribution in [0.4, 0.5) is 0 Å². The second-order valence-electron chi connectivity index (χ2n) is 1.55. The summed E-state index contributed by atoms with van der Waals surface area (Å²) < 4.78 is 4.92. The highest BCUT2D eigenvalue weighted by atomic mass is 16.6. The van der Waals surface area contributed by atoms with Crippen LogP contribution in [0.2, 0.25) is 0 Å². The first-order valence-corrected chi connectivity index (χ1v) is 1.96. The van der Waals surface area contributed by atoms with Gasteiger partial charge in [0.05, 0.1) is 6.10 Å². The predicted octanol–water partition coefficient (Wildman–Crippen LogP) is -0.636. The smallest absolute Gasteiger partial charge is 0.142 e. The normalized spacial score (nSPS) is 49.0. The van der Waals surface area contributed by atoms with Crippen LogP contribution in [0.5, 0.6) is 0 Å². The molecule has 1 saturated heterocycles. The third kappa shape index (κ3) is 0.455. The molecule has 0 radical (unpaired) electrons. The lowest BCUT2D eigenvalue weighted by Gasteiger charge is -1.56. The zero-order valence-electron chi connectivity index (χ0n) is 3.56. The summed E-state index contributed by atoms with van der Waals surface area (Å²) in [5.74, 6) is 0. The monoisotopic (exact) mass is 70.1 g/mol. The SMILES string of the molecule is B[C@@H]1O[C@H]1C. The fourth-order valence-corrected chi connectivity index (χ4v) is 0.293. The van der Waals surface area contributed by atoms with Crippen molar-refractivity contribution in [1.82, 2.24) is 0 Å². The Morgan fingerprint density at radius 3 is 2.00 bits per heavy atom. The molecule has 0 bridgehead atoms. The molecule has 1 rings (SSSR count). The van der Waals surface area contributed by atoms with Crippen LogP contribution in [0.1, 0.15) is 6.92 Å². The maximum Gasteiger partial charge on any atom is 0.142 e. The van der Waals surface area contributed by atoms with E-state index in [1.807, 2.05) is 0 Å². The van der Waals surface area contributed by atoms with E-state index in [0.717, 1.165) is 0 Å². The van der Waals surface area contributed by atoms with Crippen molar-refractivity contribution in [2.24, 2.45) is 0 Å². The van der Waals surface area contributed by atoms with Gasteiger partial charge >= 0.3 is 0 Å². The molecule has 0 saturated carbocycles. The van der Waals surface area contributed by atoms with E-state index in [9.17, 15) is 0 Å². The van der Waals surface area contributed by atoms with Gasteiger partial charge in [0.1, 0.15) is 7.85 Å². The van der Waals surface area contributed by atoms with E-state index in [-0.39, 0.29) is 0 Å². The van der Waals surface area contributed by atoms with Crippen LogP contribution >= 0.6 is 0 Å². The minimum absolute atomic E-state index is 0.551. The summed E-state index contributed by atoms with van der Waals surface area (Å²) in [6.45, 7) is 2.07.